The number of likely N-dealkylation sites (tertiary alicyclic amines) is 1. The number of hydrogen-bond donors (Lipinski definition) is 4. The van der Waals surface area contributed by atoms with E-state index < -0.39 is 64.5 Å². The maximum atomic E-state index is 14.3. The van der Waals surface area contributed by atoms with Gasteiger partial charge >= 0.3 is 6.03 Å². The molecule has 6 atom stereocenters. The third-order valence-corrected chi connectivity index (χ3v) is 9.50. The maximum Gasteiger partial charge on any atom is 0.316 e. The van der Waals surface area contributed by atoms with Crippen molar-refractivity contribution in [1.82, 2.24) is 31.1 Å². The Labute approximate surface area is 275 Å². The van der Waals surface area contributed by atoms with Gasteiger partial charge in [0.15, 0.2) is 0 Å². The number of rotatable bonds is 13. The number of Topliss-reactive ketones (excluding diaryl/α,β-unsaturated/α-hetero) is 1. The van der Waals surface area contributed by atoms with E-state index in [1.807, 2.05) is 76.2 Å². The Bertz CT molecular complexity index is 1200. The lowest BCUT2D eigenvalue weighted by molar-refractivity contribution is -0.145. The number of nitrogens with zero attached hydrogens (tertiary/aromatic N) is 2. The number of carbonyl (C=O) groups is 6. The predicted molar refractivity (Wildman–Crippen MR) is 177 cm³/mol. The number of urea groups is 1. The molecule has 0 spiro atoms. The van der Waals surface area contributed by atoms with Crippen LogP contribution in [-0.4, -0.2) is 95.6 Å². The highest BCUT2D eigenvalue weighted by molar-refractivity contribution is 6.38. The van der Waals surface area contributed by atoms with Crippen molar-refractivity contribution < 1.29 is 28.8 Å². The number of carbonyl (C=O) groups excluding carboxylic acids is 6. The minimum atomic E-state index is -1.04. The summed E-state index contributed by atoms with van der Waals surface area (Å²) in [6.45, 7) is 24.7. The quantitative estimate of drug-likeness (QED) is 0.178. The largest absolute Gasteiger partial charge is 0.346 e. The predicted octanol–water partition coefficient (Wildman–Crippen LogP) is 2.62. The van der Waals surface area contributed by atoms with Gasteiger partial charge in [0.05, 0.1) is 6.04 Å². The van der Waals surface area contributed by atoms with Crippen molar-refractivity contribution in [2.45, 2.75) is 119 Å². The van der Waals surface area contributed by atoms with Gasteiger partial charge in [-0.1, -0.05) is 74.8 Å². The van der Waals surface area contributed by atoms with Crippen LogP contribution in [0.15, 0.2) is 12.7 Å². The highest BCUT2D eigenvalue weighted by Crippen LogP contribution is 2.65. The molecule has 0 radical (unpaired) electrons. The number of nitrogens with one attached hydrogen (secondary N) is 4. The summed E-state index contributed by atoms with van der Waals surface area (Å²) in [4.78, 5) is 83.4. The summed E-state index contributed by atoms with van der Waals surface area (Å²) >= 11 is 0. The molecule has 1 saturated carbocycles. The van der Waals surface area contributed by atoms with Gasteiger partial charge in [0.25, 0.3) is 5.91 Å². The monoisotopic (exact) mass is 646 g/mol. The molecule has 0 bridgehead atoms. The van der Waals surface area contributed by atoms with Crippen LogP contribution in [-0.2, 0) is 24.0 Å². The normalized spacial score (nSPS) is 22.1. The lowest BCUT2D eigenvalue weighted by atomic mass is 9.84. The van der Waals surface area contributed by atoms with Crippen molar-refractivity contribution in [3.63, 3.8) is 0 Å². The van der Waals surface area contributed by atoms with Crippen molar-refractivity contribution in [3.8, 4) is 0 Å². The summed E-state index contributed by atoms with van der Waals surface area (Å²) in [7, 11) is 1.69. The zero-order chi connectivity index (χ0) is 35.5. The van der Waals surface area contributed by atoms with Crippen LogP contribution in [0.1, 0.15) is 89.0 Å². The van der Waals surface area contributed by atoms with Crippen LogP contribution in [0, 0.1) is 28.1 Å². The van der Waals surface area contributed by atoms with E-state index in [1.165, 1.54) is 11.0 Å². The van der Waals surface area contributed by atoms with E-state index in [2.05, 4.69) is 27.8 Å². The molecule has 2 aliphatic rings. The average Bonchev–Trinajstić information content (AvgIpc) is 3.26. The number of likely N-dealkylation sites (N-methyl/N-ethyl adjacent to an activating group) is 1. The van der Waals surface area contributed by atoms with Crippen LogP contribution < -0.4 is 21.3 Å². The number of fused-ring (bicyclic) bond motifs is 1. The molecular formula is C34H58N6O6. The zero-order valence-corrected chi connectivity index (χ0v) is 30.0. The SMILES string of the molecule is C=CCNC(=O)C(=O)C(CCC)NC(=O)[C@@H]1[C@@H]2[C@H](CN1C(=O)[C@@H](NC(=O)N[C@H](C(=O)N(C)C(C)C)C(C)(C)C)C(C)(C)C)C2(C)C. The summed E-state index contributed by atoms with van der Waals surface area (Å²) < 4.78 is 0. The van der Waals surface area contributed by atoms with E-state index in [9.17, 15) is 28.8 Å². The fraction of sp³-hybridized carbons (Fsp3) is 0.765. The molecule has 46 heavy (non-hydrogen) atoms. The molecule has 12 heteroatoms. The Morgan fingerprint density at radius 2 is 1.50 bits per heavy atom. The van der Waals surface area contributed by atoms with Crippen LogP contribution in [0.5, 0.6) is 0 Å². The second-order valence-electron chi connectivity index (χ2n) is 15.9. The fourth-order valence-corrected chi connectivity index (χ4v) is 6.26. The molecule has 1 aliphatic carbocycles. The minimum Gasteiger partial charge on any atom is -0.346 e. The van der Waals surface area contributed by atoms with Gasteiger partial charge in [0.1, 0.15) is 18.1 Å². The Hall–Kier alpha value is -3.44. The van der Waals surface area contributed by atoms with E-state index in [0.717, 1.165) is 0 Å². The van der Waals surface area contributed by atoms with Crippen molar-refractivity contribution in [1.29, 1.82) is 0 Å². The van der Waals surface area contributed by atoms with Crippen LogP contribution >= 0.6 is 0 Å². The van der Waals surface area contributed by atoms with Crippen molar-refractivity contribution in [2.24, 2.45) is 28.1 Å². The molecule has 12 nitrogen and oxygen atoms in total. The highest BCUT2D eigenvalue weighted by atomic mass is 16.2. The first-order valence-corrected chi connectivity index (χ1v) is 16.4. The summed E-state index contributed by atoms with van der Waals surface area (Å²) in [5.41, 5.74) is -1.56. The lowest BCUT2D eigenvalue weighted by Gasteiger charge is -2.39. The molecule has 0 aromatic rings. The molecule has 0 aromatic heterocycles. The average molecular weight is 647 g/mol. The number of ketones is 1. The first kappa shape index (κ1) is 38.7. The molecule has 1 saturated heterocycles. The number of hydrogen-bond acceptors (Lipinski definition) is 6. The summed E-state index contributed by atoms with van der Waals surface area (Å²) in [5, 5.41) is 10.9. The summed E-state index contributed by atoms with van der Waals surface area (Å²) in [5.74, 6) is -2.81. The number of piperidine rings is 1. The van der Waals surface area contributed by atoms with Crippen molar-refractivity contribution in [3.05, 3.63) is 12.7 Å². The summed E-state index contributed by atoms with van der Waals surface area (Å²) in [6, 6.07) is -4.55. The van der Waals surface area contributed by atoms with Gasteiger partial charge in [-0.25, -0.2) is 4.79 Å². The van der Waals surface area contributed by atoms with Gasteiger partial charge in [-0.05, 0) is 48.3 Å². The van der Waals surface area contributed by atoms with Gasteiger partial charge in [0.2, 0.25) is 23.5 Å². The van der Waals surface area contributed by atoms with E-state index in [4.69, 9.17) is 0 Å². The molecule has 6 amide bonds. The molecule has 260 valence electrons. The Kier molecular flexibility index (Phi) is 12.3. The molecule has 2 rings (SSSR count). The molecular weight excluding hydrogens is 588 g/mol. The minimum absolute atomic E-state index is 0.0623. The lowest BCUT2D eigenvalue weighted by Crippen LogP contribution is -2.63. The topological polar surface area (TPSA) is 157 Å². The van der Waals surface area contributed by atoms with Crippen LogP contribution in [0.3, 0.4) is 0 Å². The molecule has 1 unspecified atom stereocenters. The standard InChI is InChI=1S/C34H58N6O6/c1-14-16-21(24(41)28(43)35-17-15-2)36-27(42)23-22-20(34(22,11)12)18-40(23)30(45)26(33(8,9)10)38-31(46)37-25(32(5,6)7)29(44)39(13)19(3)4/h15,19-23,25-26H,2,14,16-18H2,1,3-13H3,(H,35,43)(H,36,42)(H2,37,38,46)/t20-,21?,22-,23-,25+,26+/m0/s1. The van der Waals surface area contributed by atoms with Crippen LogP contribution in [0.25, 0.3) is 0 Å². The smallest absolute Gasteiger partial charge is 0.316 e. The van der Waals surface area contributed by atoms with Crippen molar-refractivity contribution >= 4 is 35.4 Å². The molecule has 1 heterocycles. The van der Waals surface area contributed by atoms with Gasteiger partial charge in [-0.15, -0.1) is 6.58 Å². The zero-order valence-electron chi connectivity index (χ0n) is 30.0. The molecule has 4 N–H and O–H groups in total. The van der Waals surface area contributed by atoms with Gasteiger partial charge < -0.3 is 31.1 Å². The van der Waals surface area contributed by atoms with E-state index in [0.29, 0.717) is 13.0 Å². The van der Waals surface area contributed by atoms with E-state index in [-0.39, 0.29) is 42.2 Å². The van der Waals surface area contributed by atoms with Gasteiger partial charge in [0, 0.05) is 26.2 Å². The second-order valence-corrected chi connectivity index (χ2v) is 15.9. The Balaban J connectivity index is 2.35. The highest BCUT2D eigenvalue weighted by Gasteiger charge is 2.70. The number of amides is 6. The molecule has 1 aliphatic heterocycles. The van der Waals surface area contributed by atoms with Crippen LogP contribution in [0.2, 0.25) is 0 Å². The third-order valence-electron chi connectivity index (χ3n) is 9.50. The van der Waals surface area contributed by atoms with Crippen molar-refractivity contribution in [2.75, 3.05) is 20.1 Å². The third kappa shape index (κ3) is 8.67. The Morgan fingerprint density at radius 3 is 1.98 bits per heavy atom. The van der Waals surface area contributed by atoms with Gasteiger partial charge in [-0.3, -0.25) is 24.0 Å². The van der Waals surface area contributed by atoms with E-state index in [1.54, 1.807) is 11.9 Å². The second kappa shape index (κ2) is 14.5. The first-order chi connectivity index (χ1) is 21.0. The Morgan fingerprint density at radius 1 is 0.957 bits per heavy atom. The van der Waals surface area contributed by atoms with Gasteiger partial charge in [-0.2, -0.15) is 0 Å². The summed E-state index contributed by atoms with van der Waals surface area (Å²) in [6.07, 6.45) is 2.27. The molecule has 2 fully saturated rings. The molecule has 0 aromatic carbocycles. The maximum absolute atomic E-state index is 14.3. The van der Waals surface area contributed by atoms with Crippen LogP contribution in [0.4, 0.5) is 4.79 Å². The first-order valence-electron chi connectivity index (χ1n) is 16.4. The van der Waals surface area contributed by atoms with E-state index >= 15 is 0 Å². The fourth-order valence-electron chi connectivity index (χ4n) is 6.26.